The monoisotopic (exact) mass is 270 g/mol. The van der Waals surface area contributed by atoms with E-state index in [0.717, 1.165) is 24.2 Å². The Morgan fingerprint density at radius 1 is 1.30 bits per heavy atom. The van der Waals surface area contributed by atoms with Crippen LogP contribution >= 0.6 is 0 Å². The van der Waals surface area contributed by atoms with Gasteiger partial charge in [-0.05, 0) is 78.5 Å². The Bertz CT molecular complexity index is 581. The number of aryl methyl sites for hydroxylation is 1. The lowest BCUT2D eigenvalue weighted by molar-refractivity contribution is 0.00418. The van der Waals surface area contributed by atoms with E-state index in [-0.39, 0.29) is 0 Å². The van der Waals surface area contributed by atoms with Gasteiger partial charge in [0.1, 0.15) is 5.75 Å². The first-order valence-corrected chi connectivity index (χ1v) is 8.14. The number of rotatable bonds is 0. The molecule has 0 aromatic heterocycles. The summed E-state index contributed by atoms with van der Waals surface area (Å²) in [4.78, 5) is 0. The first-order chi connectivity index (χ1) is 9.67. The van der Waals surface area contributed by atoms with Crippen LogP contribution in [0.15, 0.2) is 18.2 Å². The van der Waals surface area contributed by atoms with Crippen LogP contribution in [-0.4, -0.2) is 17.3 Å². The third-order valence-corrected chi connectivity index (χ3v) is 6.87. The average Bonchev–Trinajstić information content (AvgIpc) is 3.16. The van der Waals surface area contributed by atoms with Gasteiger partial charge in [0.25, 0.3) is 0 Å². The van der Waals surface area contributed by atoms with Crippen LogP contribution < -0.4 is 0 Å². The molecule has 20 heavy (non-hydrogen) atoms. The number of hydrogen-bond donors (Lipinski definition) is 1. The molecular weight excluding hydrogens is 248 g/mol. The summed E-state index contributed by atoms with van der Waals surface area (Å²) in [6.07, 6.45) is 7.55. The number of hydrogen-bond acceptors (Lipinski definition) is 2. The first kappa shape index (κ1) is 11.6. The summed E-state index contributed by atoms with van der Waals surface area (Å²) >= 11 is 0. The minimum absolute atomic E-state index is 0.429. The summed E-state index contributed by atoms with van der Waals surface area (Å²) < 4.78 is 5.86. The number of epoxide rings is 1. The Labute approximate surface area is 120 Å². The normalized spacial score (nSPS) is 48.0. The van der Waals surface area contributed by atoms with E-state index in [9.17, 15) is 5.11 Å². The molecule has 1 N–H and O–H groups in total. The molecule has 2 nitrogen and oxygen atoms in total. The van der Waals surface area contributed by atoms with Gasteiger partial charge in [-0.25, -0.2) is 0 Å². The Morgan fingerprint density at radius 2 is 2.20 bits per heavy atom. The van der Waals surface area contributed by atoms with Crippen LogP contribution in [0.1, 0.15) is 49.7 Å². The molecule has 0 amide bonds. The maximum absolute atomic E-state index is 9.70. The standard InChI is InChI=1S/C18H22O2/c1-18-7-6-13-12-5-3-11(19)8-10(12)2-4-14(13)15(18)9-16-17(18)20-16/h3,5,8,13-17,19H,2,4,6-7,9H2,1H3/t13-,14-,15+,16+,17-,18+/m1/s1. The quantitative estimate of drug-likeness (QED) is 0.730. The maximum Gasteiger partial charge on any atom is 0.115 e. The third kappa shape index (κ3) is 1.34. The predicted molar refractivity (Wildman–Crippen MR) is 76.8 cm³/mol. The summed E-state index contributed by atoms with van der Waals surface area (Å²) in [5.41, 5.74) is 3.39. The van der Waals surface area contributed by atoms with E-state index in [2.05, 4.69) is 13.0 Å². The number of phenolic OH excluding ortho intramolecular Hbond substituents is 1. The topological polar surface area (TPSA) is 32.8 Å². The van der Waals surface area contributed by atoms with Crippen molar-refractivity contribution in [3.63, 3.8) is 0 Å². The largest absolute Gasteiger partial charge is 0.508 e. The maximum atomic E-state index is 9.70. The zero-order valence-corrected chi connectivity index (χ0v) is 12.0. The van der Waals surface area contributed by atoms with E-state index in [1.165, 1.54) is 36.8 Å². The summed E-state index contributed by atoms with van der Waals surface area (Å²) in [6, 6.07) is 6.06. The van der Waals surface area contributed by atoms with Gasteiger partial charge < -0.3 is 9.84 Å². The summed E-state index contributed by atoms with van der Waals surface area (Å²) in [5, 5.41) is 9.70. The Morgan fingerprint density at radius 3 is 3.10 bits per heavy atom. The van der Waals surface area contributed by atoms with Crippen LogP contribution in [-0.2, 0) is 11.2 Å². The smallest absolute Gasteiger partial charge is 0.115 e. The van der Waals surface area contributed by atoms with E-state index in [0.29, 0.717) is 23.4 Å². The number of benzene rings is 1. The summed E-state index contributed by atoms with van der Waals surface area (Å²) in [7, 11) is 0. The molecule has 3 aliphatic carbocycles. The molecule has 3 fully saturated rings. The number of ether oxygens (including phenoxy) is 1. The van der Waals surface area contributed by atoms with Gasteiger partial charge in [0.15, 0.2) is 0 Å². The van der Waals surface area contributed by atoms with Crippen molar-refractivity contribution < 1.29 is 9.84 Å². The second-order valence-corrected chi connectivity index (χ2v) is 7.67. The molecule has 5 rings (SSSR count). The fourth-order valence-corrected chi connectivity index (χ4v) is 5.87. The molecule has 106 valence electrons. The van der Waals surface area contributed by atoms with Crippen LogP contribution in [0.4, 0.5) is 0 Å². The fraction of sp³-hybridized carbons (Fsp3) is 0.667. The average molecular weight is 270 g/mol. The molecule has 1 aromatic rings. The molecule has 1 aliphatic heterocycles. The van der Waals surface area contributed by atoms with Crippen molar-refractivity contribution in [1.82, 2.24) is 0 Å². The van der Waals surface area contributed by atoms with E-state index in [1.54, 1.807) is 0 Å². The van der Waals surface area contributed by atoms with Crippen molar-refractivity contribution in [3.05, 3.63) is 29.3 Å². The van der Waals surface area contributed by atoms with E-state index >= 15 is 0 Å². The molecule has 0 bridgehead atoms. The number of aromatic hydroxyl groups is 1. The molecule has 2 saturated carbocycles. The van der Waals surface area contributed by atoms with Gasteiger partial charge in [0.2, 0.25) is 0 Å². The van der Waals surface area contributed by atoms with Crippen LogP contribution in [0, 0.1) is 17.3 Å². The van der Waals surface area contributed by atoms with Gasteiger partial charge in [-0.2, -0.15) is 0 Å². The SMILES string of the molecule is C[C@]12CC[C@@H]3c4ccc(O)cc4CC[C@H]3[C@@H]1C[C@@H]1O[C@H]12. The lowest BCUT2D eigenvalue weighted by Crippen LogP contribution is -2.42. The summed E-state index contributed by atoms with van der Waals surface area (Å²) in [6.45, 7) is 2.48. The summed E-state index contributed by atoms with van der Waals surface area (Å²) in [5.74, 6) is 2.88. The van der Waals surface area contributed by atoms with E-state index < -0.39 is 0 Å². The minimum Gasteiger partial charge on any atom is -0.508 e. The second kappa shape index (κ2) is 3.59. The molecular formula is C18H22O2. The van der Waals surface area contributed by atoms with Gasteiger partial charge >= 0.3 is 0 Å². The highest BCUT2D eigenvalue weighted by Gasteiger charge is 2.66. The van der Waals surface area contributed by atoms with Crippen molar-refractivity contribution in [2.24, 2.45) is 17.3 Å². The van der Waals surface area contributed by atoms with Crippen LogP contribution in [0.5, 0.6) is 5.75 Å². The first-order valence-electron chi connectivity index (χ1n) is 8.14. The van der Waals surface area contributed by atoms with Crippen molar-refractivity contribution in [2.75, 3.05) is 0 Å². The Balaban J connectivity index is 1.54. The molecule has 1 heterocycles. The minimum atomic E-state index is 0.429. The highest BCUT2D eigenvalue weighted by Crippen LogP contribution is 2.66. The molecule has 0 spiro atoms. The highest BCUT2D eigenvalue weighted by atomic mass is 16.6. The predicted octanol–water partition coefficient (Wildman–Crippen LogP) is 3.63. The molecule has 1 aromatic carbocycles. The van der Waals surface area contributed by atoms with E-state index in [1.807, 2.05) is 12.1 Å². The Kier molecular flexibility index (Phi) is 2.09. The van der Waals surface area contributed by atoms with Crippen molar-refractivity contribution in [2.45, 2.75) is 57.2 Å². The molecule has 0 unspecified atom stereocenters. The third-order valence-electron chi connectivity index (χ3n) is 6.87. The van der Waals surface area contributed by atoms with Crippen molar-refractivity contribution in [3.8, 4) is 5.75 Å². The molecule has 1 saturated heterocycles. The van der Waals surface area contributed by atoms with Crippen LogP contribution in [0.25, 0.3) is 0 Å². The highest BCUT2D eigenvalue weighted by molar-refractivity contribution is 5.40. The lowest BCUT2D eigenvalue weighted by Gasteiger charge is -2.49. The van der Waals surface area contributed by atoms with Crippen molar-refractivity contribution >= 4 is 0 Å². The fourth-order valence-electron chi connectivity index (χ4n) is 5.87. The zero-order chi connectivity index (χ0) is 13.5. The second-order valence-electron chi connectivity index (χ2n) is 7.67. The molecule has 2 heteroatoms. The molecule has 0 radical (unpaired) electrons. The number of fused-ring (bicyclic) bond motifs is 7. The number of phenols is 1. The zero-order valence-electron chi connectivity index (χ0n) is 12.0. The van der Waals surface area contributed by atoms with Gasteiger partial charge in [0, 0.05) is 0 Å². The Hall–Kier alpha value is -1.02. The van der Waals surface area contributed by atoms with Gasteiger partial charge in [-0.3, -0.25) is 0 Å². The molecule has 4 aliphatic rings. The molecule has 6 atom stereocenters. The lowest BCUT2D eigenvalue weighted by atomic mass is 9.55. The van der Waals surface area contributed by atoms with E-state index in [4.69, 9.17) is 4.74 Å². The van der Waals surface area contributed by atoms with Crippen LogP contribution in [0.2, 0.25) is 0 Å². The van der Waals surface area contributed by atoms with Crippen LogP contribution in [0.3, 0.4) is 0 Å². The van der Waals surface area contributed by atoms with Gasteiger partial charge in [-0.1, -0.05) is 13.0 Å². The van der Waals surface area contributed by atoms with Gasteiger partial charge in [0.05, 0.1) is 12.2 Å². The van der Waals surface area contributed by atoms with Crippen molar-refractivity contribution in [1.29, 1.82) is 0 Å². The van der Waals surface area contributed by atoms with Gasteiger partial charge in [-0.15, -0.1) is 0 Å².